The number of hydrogen-bond acceptors (Lipinski definition) is 2. The van der Waals surface area contributed by atoms with Gasteiger partial charge in [0.2, 0.25) is 0 Å². The molecule has 0 spiro atoms. The highest BCUT2D eigenvalue weighted by Crippen LogP contribution is 2.25. The molecule has 0 amide bonds. The molecular weight excluding hydrogens is 150 g/mol. The van der Waals surface area contributed by atoms with E-state index in [1.165, 1.54) is 19.3 Å². The molecule has 0 unspecified atom stereocenters. The summed E-state index contributed by atoms with van der Waals surface area (Å²) < 4.78 is 0. The summed E-state index contributed by atoms with van der Waals surface area (Å²) in [5.74, 6) is 0.323. The first-order valence-electron chi connectivity index (χ1n) is 4.73. The molecule has 70 valence electrons. The minimum Gasteiger partial charge on any atom is -0.388 e. The van der Waals surface area contributed by atoms with Crippen molar-refractivity contribution in [3.8, 4) is 0 Å². The molecule has 0 atom stereocenters. The Morgan fingerprint density at radius 3 is 2.67 bits per heavy atom. The maximum Gasteiger partial charge on any atom is 0.0905 e. The summed E-state index contributed by atoms with van der Waals surface area (Å²) in [6, 6.07) is 0.863. The van der Waals surface area contributed by atoms with Gasteiger partial charge in [-0.05, 0) is 39.3 Å². The summed E-state index contributed by atoms with van der Waals surface area (Å²) in [5, 5.41) is 7.04. The van der Waals surface area contributed by atoms with Crippen LogP contribution in [-0.2, 0) is 0 Å². The molecule has 0 aromatic heterocycles. The van der Waals surface area contributed by atoms with E-state index >= 15 is 0 Å². The fraction of sp³-hybridized carbons (Fsp3) is 0.889. The Kier molecular flexibility index (Phi) is 3.53. The average molecular weight is 169 g/mol. The fourth-order valence-electron chi connectivity index (χ4n) is 1.37. The van der Waals surface area contributed by atoms with Crippen molar-refractivity contribution in [1.82, 2.24) is 4.90 Å². The number of nitrogens with two attached hydrogens (primary N) is 1. The van der Waals surface area contributed by atoms with Crippen LogP contribution in [0.15, 0.2) is 0 Å². The number of unbranched alkanes of at least 4 members (excludes halogenated alkanes) is 1. The third-order valence-electron chi connectivity index (χ3n) is 2.38. The monoisotopic (exact) mass is 169 g/mol. The van der Waals surface area contributed by atoms with E-state index in [4.69, 9.17) is 11.1 Å². The van der Waals surface area contributed by atoms with E-state index in [-0.39, 0.29) is 0 Å². The van der Waals surface area contributed by atoms with Crippen LogP contribution in [0.5, 0.6) is 0 Å². The van der Waals surface area contributed by atoms with Gasteiger partial charge in [-0.3, -0.25) is 5.41 Å². The molecule has 3 heteroatoms. The van der Waals surface area contributed by atoms with Crippen molar-refractivity contribution in [2.24, 2.45) is 5.73 Å². The quantitative estimate of drug-likeness (QED) is 0.356. The summed E-state index contributed by atoms with van der Waals surface area (Å²) in [7, 11) is 2.19. The van der Waals surface area contributed by atoms with Crippen molar-refractivity contribution in [3.63, 3.8) is 0 Å². The van der Waals surface area contributed by atoms with E-state index in [2.05, 4.69) is 11.9 Å². The second kappa shape index (κ2) is 4.45. The molecule has 1 rings (SSSR count). The zero-order chi connectivity index (χ0) is 8.97. The summed E-state index contributed by atoms with van der Waals surface area (Å²) in [5.41, 5.74) is 5.25. The van der Waals surface area contributed by atoms with Crippen molar-refractivity contribution in [1.29, 1.82) is 5.41 Å². The van der Waals surface area contributed by atoms with Crippen molar-refractivity contribution < 1.29 is 0 Å². The number of rotatable bonds is 6. The van der Waals surface area contributed by atoms with Gasteiger partial charge in [0.05, 0.1) is 5.84 Å². The minimum absolute atomic E-state index is 0.323. The Bertz CT molecular complexity index is 152. The van der Waals surface area contributed by atoms with Gasteiger partial charge < -0.3 is 10.6 Å². The Morgan fingerprint density at radius 2 is 2.17 bits per heavy atom. The van der Waals surface area contributed by atoms with Gasteiger partial charge in [-0.25, -0.2) is 0 Å². The molecular formula is C9H19N3. The molecule has 0 bridgehead atoms. The Labute approximate surface area is 74.4 Å². The van der Waals surface area contributed by atoms with E-state index in [1.54, 1.807) is 0 Å². The predicted octanol–water partition coefficient (Wildman–Crippen LogP) is 1.19. The van der Waals surface area contributed by atoms with Crippen molar-refractivity contribution in [2.75, 3.05) is 13.6 Å². The van der Waals surface area contributed by atoms with Crippen LogP contribution in [0, 0.1) is 5.41 Å². The molecule has 0 aliphatic heterocycles. The first-order valence-corrected chi connectivity index (χ1v) is 4.73. The van der Waals surface area contributed by atoms with E-state index in [0.29, 0.717) is 5.84 Å². The maximum atomic E-state index is 7.04. The lowest BCUT2D eigenvalue weighted by atomic mass is 10.2. The number of nitrogens with one attached hydrogen (secondary N) is 1. The molecule has 0 saturated heterocycles. The maximum absolute atomic E-state index is 7.04. The van der Waals surface area contributed by atoms with Crippen LogP contribution in [0.4, 0.5) is 0 Å². The Balaban J connectivity index is 1.90. The van der Waals surface area contributed by atoms with Gasteiger partial charge >= 0.3 is 0 Å². The van der Waals surface area contributed by atoms with Gasteiger partial charge in [0.1, 0.15) is 0 Å². The first kappa shape index (κ1) is 9.52. The molecule has 0 aromatic rings. The summed E-state index contributed by atoms with van der Waals surface area (Å²) in [6.45, 7) is 1.16. The van der Waals surface area contributed by atoms with Gasteiger partial charge in [0.25, 0.3) is 0 Å². The van der Waals surface area contributed by atoms with Crippen LogP contribution in [0.3, 0.4) is 0 Å². The van der Waals surface area contributed by atoms with Gasteiger partial charge in [0.15, 0.2) is 0 Å². The van der Waals surface area contributed by atoms with Gasteiger partial charge in [-0.1, -0.05) is 0 Å². The third-order valence-corrected chi connectivity index (χ3v) is 2.38. The van der Waals surface area contributed by atoms with Crippen molar-refractivity contribution >= 4 is 5.84 Å². The molecule has 3 nitrogen and oxygen atoms in total. The lowest BCUT2D eigenvalue weighted by Crippen LogP contribution is -2.22. The van der Waals surface area contributed by atoms with E-state index in [0.717, 1.165) is 25.4 Å². The zero-order valence-electron chi connectivity index (χ0n) is 7.84. The van der Waals surface area contributed by atoms with Gasteiger partial charge in [-0.2, -0.15) is 0 Å². The lowest BCUT2D eigenvalue weighted by Gasteiger charge is -2.14. The van der Waals surface area contributed by atoms with Crippen LogP contribution in [0.1, 0.15) is 32.1 Å². The highest BCUT2D eigenvalue weighted by molar-refractivity contribution is 5.76. The van der Waals surface area contributed by atoms with Crippen molar-refractivity contribution in [2.45, 2.75) is 38.1 Å². The summed E-state index contributed by atoms with van der Waals surface area (Å²) in [6.07, 6.45) is 5.75. The number of amidine groups is 1. The molecule has 1 aliphatic carbocycles. The topological polar surface area (TPSA) is 53.1 Å². The second-order valence-corrected chi connectivity index (χ2v) is 3.69. The summed E-state index contributed by atoms with van der Waals surface area (Å²) in [4.78, 5) is 2.42. The average Bonchev–Trinajstić information content (AvgIpc) is 2.79. The second-order valence-electron chi connectivity index (χ2n) is 3.69. The van der Waals surface area contributed by atoms with E-state index in [9.17, 15) is 0 Å². The molecule has 1 fully saturated rings. The minimum atomic E-state index is 0.323. The molecule has 0 aromatic carbocycles. The van der Waals surface area contributed by atoms with Crippen LogP contribution >= 0.6 is 0 Å². The highest BCUT2D eigenvalue weighted by atomic mass is 15.1. The van der Waals surface area contributed by atoms with Crippen LogP contribution in [0.25, 0.3) is 0 Å². The first-order chi connectivity index (χ1) is 5.70. The molecule has 12 heavy (non-hydrogen) atoms. The molecule has 3 N–H and O–H groups in total. The predicted molar refractivity (Wildman–Crippen MR) is 51.4 cm³/mol. The molecule has 1 aliphatic rings. The SMILES string of the molecule is CN(CCCCC(=N)N)C1CC1. The lowest BCUT2D eigenvalue weighted by molar-refractivity contribution is 0.317. The highest BCUT2D eigenvalue weighted by Gasteiger charge is 2.25. The Morgan fingerprint density at radius 1 is 1.50 bits per heavy atom. The molecule has 1 saturated carbocycles. The van der Waals surface area contributed by atoms with Gasteiger partial charge in [-0.15, -0.1) is 0 Å². The smallest absolute Gasteiger partial charge is 0.0905 e. The van der Waals surface area contributed by atoms with E-state index in [1.807, 2.05) is 0 Å². The number of nitrogens with zero attached hydrogens (tertiary/aromatic N) is 1. The third kappa shape index (κ3) is 3.72. The van der Waals surface area contributed by atoms with Crippen LogP contribution in [-0.4, -0.2) is 30.4 Å². The molecule has 0 radical (unpaired) electrons. The van der Waals surface area contributed by atoms with E-state index < -0.39 is 0 Å². The zero-order valence-corrected chi connectivity index (χ0v) is 7.84. The van der Waals surface area contributed by atoms with Gasteiger partial charge in [0, 0.05) is 12.5 Å². The largest absolute Gasteiger partial charge is 0.388 e. The number of hydrogen-bond donors (Lipinski definition) is 2. The summed E-state index contributed by atoms with van der Waals surface area (Å²) >= 11 is 0. The van der Waals surface area contributed by atoms with Crippen LogP contribution in [0.2, 0.25) is 0 Å². The standard InChI is InChI=1S/C9H19N3/c1-12(8-5-6-8)7-3-2-4-9(10)11/h8H,2-7H2,1H3,(H3,10,11). The fourth-order valence-corrected chi connectivity index (χ4v) is 1.37. The van der Waals surface area contributed by atoms with Crippen LogP contribution < -0.4 is 5.73 Å². The Hall–Kier alpha value is -0.570. The molecule has 0 heterocycles. The normalized spacial score (nSPS) is 16.8. The van der Waals surface area contributed by atoms with Crippen molar-refractivity contribution in [3.05, 3.63) is 0 Å².